The Bertz CT molecular complexity index is 588. The topological polar surface area (TPSA) is 49.4 Å². The number of benzene rings is 1. The maximum Gasteiger partial charge on any atom is 0.244 e. The first kappa shape index (κ1) is 18.5. The standard InChI is InChI=1S/C19H25ClN2O2/c1-14(2)13-19(24)22-11-9-17(10-12-22)21-18(23)8-5-15-3-6-16(20)7-4-15/h3-8,14,17H,9-13H2,1-2H3,(H,21,23)/b8-5+. The predicted molar refractivity (Wildman–Crippen MR) is 97.7 cm³/mol. The predicted octanol–water partition coefficient (Wildman–Crippen LogP) is 3.51. The van der Waals surface area contributed by atoms with Crippen molar-refractivity contribution < 1.29 is 9.59 Å². The third-order valence-electron chi connectivity index (χ3n) is 4.07. The van der Waals surface area contributed by atoms with Gasteiger partial charge in [-0.3, -0.25) is 9.59 Å². The summed E-state index contributed by atoms with van der Waals surface area (Å²) in [6.07, 6.45) is 5.53. The molecule has 0 saturated carbocycles. The van der Waals surface area contributed by atoms with Gasteiger partial charge in [0, 0.05) is 36.7 Å². The summed E-state index contributed by atoms with van der Waals surface area (Å²) in [5.41, 5.74) is 0.934. The first-order valence-electron chi connectivity index (χ1n) is 8.46. The van der Waals surface area contributed by atoms with Crippen molar-refractivity contribution in [3.63, 3.8) is 0 Å². The van der Waals surface area contributed by atoms with Crippen LogP contribution in [-0.2, 0) is 9.59 Å². The second kappa shape index (κ2) is 8.88. The van der Waals surface area contributed by atoms with Gasteiger partial charge in [0.1, 0.15) is 0 Å². The maximum absolute atomic E-state index is 12.0. The van der Waals surface area contributed by atoms with Gasteiger partial charge < -0.3 is 10.2 Å². The molecule has 1 aromatic carbocycles. The summed E-state index contributed by atoms with van der Waals surface area (Å²) in [4.78, 5) is 26.0. The molecular weight excluding hydrogens is 324 g/mol. The number of amides is 2. The van der Waals surface area contributed by atoms with E-state index in [1.54, 1.807) is 24.3 Å². The van der Waals surface area contributed by atoms with Gasteiger partial charge in [0.25, 0.3) is 0 Å². The fourth-order valence-electron chi connectivity index (χ4n) is 2.75. The van der Waals surface area contributed by atoms with Gasteiger partial charge in [-0.05, 0) is 42.5 Å². The summed E-state index contributed by atoms with van der Waals surface area (Å²) in [5, 5.41) is 3.69. The Labute approximate surface area is 148 Å². The monoisotopic (exact) mass is 348 g/mol. The van der Waals surface area contributed by atoms with E-state index in [1.807, 2.05) is 17.0 Å². The number of carbonyl (C=O) groups excluding carboxylic acids is 2. The van der Waals surface area contributed by atoms with Crippen LogP contribution in [0.5, 0.6) is 0 Å². The zero-order chi connectivity index (χ0) is 17.5. The van der Waals surface area contributed by atoms with Crippen molar-refractivity contribution in [3.05, 3.63) is 40.9 Å². The van der Waals surface area contributed by atoms with E-state index in [9.17, 15) is 9.59 Å². The Morgan fingerprint density at radius 3 is 2.46 bits per heavy atom. The molecule has 130 valence electrons. The van der Waals surface area contributed by atoms with Crippen LogP contribution in [0.1, 0.15) is 38.7 Å². The summed E-state index contributed by atoms with van der Waals surface area (Å²) >= 11 is 5.83. The van der Waals surface area contributed by atoms with Crippen LogP contribution in [0.15, 0.2) is 30.3 Å². The van der Waals surface area contributed by atoms with Crippen LogP contribution in [0.25, 0.3) is 6.08 Å². The molecule has 0 aromatic heterocycles. The zero-order valence-corrected chi connectivity index (χ0v) is 15.1. The highest BCUT2D eigenvalue weighted by Gasteiger charge is 2.23. The summed E-state index contributed by atoms with van der Waals surface area (Å²) in [5.74, 6) is 0.502. The summed E-state index contributed by atoms with van der Waals surface area (Å²) in [6, 6.07) is 7.46. The van der Waals surface area contributed by atoms with E-state index < -0.39 is 0 Å². The molecule has 0 spiro atoms. The highest BCUT2D eigenvalue weighted by Crippen LogP contribution is 2.14. The number of nitrogens with one attached hydrogen (secondary N) is 1. The molecule has 0 bridgehead atoms. The van der Waals surface area contributed by atoms with E-state index in [1.165, 1.54) is 0 Å². The first-order valence-corrected chi connectivity index (χ1v) is 8.83. The van der Waals surface area contributed by atoms with Gasteiger partial charge in [-0.2, -0.15) is 0 Å². The Morgan fingerprint density at radius 2 is 1.88 bits per heavy atom. The average Bonchev–Trinajstić information content (AvgIpc) is 2.54. The Balaban J connectivity index is 1.76. The van der Waals surface area contributed by atoms with Crippen LogP contribution in [0.4, 0.5) is 0 Å². The Hall–Kier alpha value is -1.81. The van der Waals surface area contributed by atoms with Crippen LogP contribution in [-0.4, -0.2) is 35.8 Å². The van der Waals surface area contributed by atoms with Gasteiger partial charge in [0.15, 0.2) is 0 Å². The quantitative estimate of drug-likeness (QED) is 0.828. The first-order chi connectivity index (χ1) is 11.4. The van der Waals surface area contributed by atoms with Crippen molar-refractivity contribution in [2.45, 2.75) is 39.2 Å². The lowest BCUT2D eigenvalue weighted by Crippen LogP contribution is -2.46. The summed E-state index contributed by atoms with van der Waals surface area (Å²) < 4.78 is 0. The molecule has 1 heterocycles. The lowest BCUT2D eigenvalue weighted by atomic mass is 10.0. The van der Waals surface area contributed by atoms with Crippen LogP contribution in [0.2, 0.25) is 5.02 Å². The third kappa shape index (κ3) is 6.00. The lowest BCUT2D eigenvalue weighted by molar-refractivity contribution is -0.133. The lowest BCUT2D eigenvalue weighted by Gasteiger charge is -2.32. The minimum atomic E-state index is -0.100. The number of rotatable bonds is 5. The number of nitrogens with zero attached hydrogens (tertiary/aromatic N) is 1. The van der Waals surface area contributed by atoms with Gasteiger partial charge >= 0.3 is 0 Å². The van der Waals surface area contributed by atoms with Gasteiger partial charge in [0.2, 0.25) is 11.8 Å². The van der Waals surface area contributed by atoms with Crippen molar-refractivity contribution in [2.75, 3.05) is 13.1 Å². The molecule has 24 heavy (non-hydrogen) atoms. The van der Waals surface area contributed by atoms with E-state index in [-0.39, 0.29) is 17.9 Å². The van der Waals surface area contributed by atoms with Crippen LogP contribution >= 0.6 is 11.6 Å². The molecular formula is C19H25ClN2O2. The summed E-state index contributed by atoms with van der Waals surface area (Å²) in [7, 11) is 0. The fraction of sp³-hybridized carbons (Fsp3) is 0.474. The highest BCUT2D eigenvalue weighted by atomic mass is 35.5. The molecule has 1 aromatic rings. The summed E-state index contributed by atoms with van der Waals surface area (Å²) in [6.45, 7) is 5.55. The molecule has 2 amide bonds. The van der Waals surface area contributed by atoms with Gasteiger partial charge in [-0.1, -0.05) is 37.6 Å². The Morgan fingerprint density at radius 1 is 1.25 bits per heavy atom. The molecule has 1 N–H and O–H groups in total. The number of hydrogen-bond donors (Lipinski definition) is 1. The SMILES string of the molecule is CC(C)CC(=O)N1CCC(NC(=O)/C=C/c2ccc(Cl)cc2)CC1. The molecule has 0 atom stereocenters. The molecule has 2 rings (SSSR count). The molecule has 0 aliphatic carbocycles. The normalized spacial score (nSPS) is 15.9. The molecule has 1 aliphatic rings. The molecule has 4 nitrogen and oxygen atoms in total. The molecule has 1 saturated heterocycles. The molecule has 1 aliphatic heterocycles. The number of piperidine rings is 1. The minimum absolute atomic E-state index is 0.100. The number of carbonyl (C=O) groups is 2. The number of hydrogen-bond acceptors (Lipinski definition) is 2. The van der Waals surface area contributed by atoms with Crippen molar-refractivity contribution in [2.24, 2.45) is 5.92 Å². The average molecular weight is 349 g/mol. The Kier molecular flexibility index (Phi) is 6.85. The van der Waals surface area contributed by atoms with Crippen LogP contribution in [0, 0.1) is 5.92 Å². The van der Waals surface area contributed by atoms with Crippen molar-refractivity contribution in [1.82, 2.24) is 10.2 Å². The highest BCUT2D eigenvalue weighted by molar-refractivity contribution is 6.30. The van der Waals surface area contributed by atoms with Crippen molar-refractivity contribution >= 4 is 29.5 Å². The smallest absolute Gasteiger partial charge is 0.244 e. The van der Waals surface area contributed by atoms with E-state index in [0.717, 1.165) is 31.5 Å². The van der Waals surface area contributed by atoms with Crippen LogP contribution in [0.3, 0.4) is 0 Å². The molecule has 0 radical (unpaired) electrons. The number of likely N-dealkylation sites (tertiary alicyclic amines) is 1. The second-order valence-electron chi connectivity index (χ2n) is 6.65. The van der Waals surface area contributed by atoms with E-state index in [0.29, 0.717) is 17.4 Å². The van der Waals surface area contributed by atoms with E-state index in [4.69, 9.17) is 11.6 Å². The van der Waals surface area contributed by atoms with Gasteiger partial charge in [-0.15, -0.1) is 0 Å². The second-order valence-corrected chi connectivity index (χ2v) is 7.08. The van der Waals surface area contributed by atoms with E-state index >= 15 is 0 Å². The molecule has 5 heteroatoms. The van der Waals surface area contributed by atoms with Crippen molar-refractivity contribution in [3.8, 4) is 0 Å². The fourth-order valence-corrected chi connectivity index (χ4v) is 2.87. The number of halogens is 1. The maximum atomic E-state index is 12.0. The van der Waals surface area contributed by atoms with Crippen molar-refractivity contribution in [1.29, 1.82) is 0 Å². The van der Waals surface area contributed by atoms with Crippen LogP contribution < -0.4 is 5.32 Å². The van der Waals surface area contributed by atoms with E-state index in [2.05, 4.69) is 19.2 Å². The molecule has 0 unspecified atom stereocenters. The largest absolute Gasteiger partial charge is 0.350 e. The minimum Gasteiger partial charge on any atom is -0.350 e. The molecule has 1 fully saturated rings. The van der Waals surface area contributed by atoms with Gasteiger partial charge in [0.05, 0.1) is 0 Å². The zero-order valence-electron chi connectivity index (χ0n) is 14.3. The van der Waals surface area contributed by atoms with Gasteiger partial charge in [-0.25, -0.2) is 0 Å². The third-order valence-corrected chi connectivity index (χ3v) is 4.33.